The lowest BCUT2D eigenvalue weighted by molar-refractivity contribution is -0.139. The van der Waals surface area contributed by atoms with Crippen LogP contribution in [0.25, 0.3) is 0 Å². The fourth-order valence-corrected chi connectivity index (χ4v) is 3.30. The molecule has 2 aromatic carbocycles. The second-order valence-corrected chi connectivity index (χ2v) is 7.99. The van der Waals surface area contributed by atoms with E-state index in [4.69, 9.17) is 9.47 Å². The van der Waals surface area contributed by atoms with E-state index in [9.17, 15) is 19.5 Å². The highest BCUT2D eigenvalue weighted by atomic mass is 16.6. The maximum Gasteiger partial charge on any atom is 0.414 e. The second-order valence-electron chi connectivity index (χ2n) is 7.99. The van der Waals surface area contributed by atoms with Gasteiger partial charge in [-0.2, -0.15) is 0 Å². The first-order chi connectivity index (χ1) is 16.5. The highest BCUT2D eigenvalue weighted by molar-refractivity contribution is 5.90. The molecule has 0 fully saturated rings. The Morgan fingerprint density at radius 1 is 0.882 bits per heavy atom. The number of unbranched alkanes of at least 4 members (excludes halogenated alkanes) is 5. The van der Waals surface area contributed by atoms with Crippen molar-refractivity contribution in [3.8, 4) is 5.75 Å². The summed E-state index contributed by atoms with van der Waals surface area (Å²) >= 11 is 0. The Morgan fingerprint density at radius 3 is 2.29 bits per heavy atom. The van der Waals surface area contributed by atoms with Crippen LogP contribution < -0.4 is 10.6 Å². The topological polar surface area (TPSA) is 114 Å². The van der Waals surface area contributed by atoms with Gasteiger partial charge in [-0.05, 0) is 23.6 Å². The highest BCUT2D eigenvalue weighted by Gasteiger charge is 2.26. The van der Waals surface area contributed by atoms with Crippen LogP contribution in [0.2, 0.25) is 0 Å². The van der Waals surface area contributed by atoms with E-state index in [1.54, 1.807) is 30.3 Å². The summed E-state index contributed by atoms with van der Waals surface area (Å²) in [5.74, 6) is -0.979. The van der Waals surface area contributed by atoms with Gasteiger partial charge in [0.05, 0.1) is 0 Å². The molecule has 2 aromatic rings. The van der Waals surface area contributed by atoms with Gasteiger partial charge in [0, 0.05) is 13.0 Å². The summed E-state index contributed by atoms with van der Waals surface area (Å²) in [7, 11) is 0. The zero-order valence-electron chi connectivity index (χ0n) is 19.6. The summed E-state index contributed by atoms with van der Waals surface area (Å²) < 4.78 is 10.1. The van der Waals surface area contributed by atoms with Gasteiger partial charge in [-0.1, -0.05) is 87.6 Å². The number of amides is 2. The van der Waals surface area contributed by atoms with Crippen molar-refractivity contribution in [1.82, 2.24) is 10.6 Å². The molecule has 0 aliphatic carbocycles. The number of phenols is 1. The maximum absolute atomic E-state index is 12.7. The quantitative estimate of drug-likeness (QED) is 0.219. The molecule has 0 heterocycles. The smallest absolute Gasteiger partial charge is 0.414 e. The van der Waals surface area contributed by atoms with Crippen molar-refractivity contribution < 1.29 is 29.0 Å². The van der Waals surface area contributed by atoms with Crippen molar-refractivity contribution in [3.63, 3.8) is 0 Å². The summed E-state index contributed by atoms with van der Waals surface area (Å²) in [6, 6.07) is 14.3. The number of aromatic hydroxyl groups is 1. The van der Waals surface area contributed by atoms with Crippen LogP contribution >= 0.6 is 0 Å². The fraction of sp³-hybridized carbons (Fsp3) is 0.423. The number of esters is 1. The Labute approximate surface area is 200 Å². The van der Waals surface area contributed by atoms with Gasteiger partial charge in [0.15, 0.2) is 0 Å². The van der Waals surface area contributed by atoms with E-state index in [1.807, 2.05) is 18.2 Å². The van der Waals surface area contributed by atoms with Gasteiger partial charge < -0.3 is 25.2 Å². The van der Waals surface area contributed by atoms with Crippen LogP contribution in [0.3, 0.4) is 0 Å². The number of carbonyl (C=O) groups excluding carboxylic acids is 3. The first kappa shape index (κ1) is 26.7. The van der Waals surface area contributed by atoms with E-state index < -0.39 is 24.2 Å². The zero-order chi connectivity index (χ0) is 24.6. The highest BCUT2D eigenvalue weighted by Crippen LogP contribution is 2.18. The lowest BCUT2D eigenvalue weighted by Gasteiger charge is -2.18. The van der Waals surface area contributed by atoms with Crippen LogP contribution in [0.15, 0.2) is 54.6 Å². The van der Waals surface area contributed by atoms with Crippen molar-refractivity contribution in [2.45, 2.75) is 64.5 Å². The molecule has 0 saturated heterocycles. The van der Waals surface area contributed by atoms with Crippen LogP contribution in [0.5, 0.6) is 5.75 Å². The molecule has 8 heteroatoms. The van der Waals surface area contributed by atoms with Gasteiger partial charge in [0.2, 0.25) is 0 Å². The molecule has 0 radical (unpaired) electrons. The standard InChI is InChI=1S/C26H34N2O6/c1-2-3-4-5-6-12-17-27-25(31)34-24(30)22(18-21-15-10-11-16-23(21)29)28-26(32)33-19-20-13-8-7-9-14-20/h7-11,13-16,22,29H,2-6,12,17-19H2,1H3,(H,27,31)(H,28,32). The van der Waals surface area contributed by atoms with E-state index in [-0.39, 0.29) is 18.8 Å². The number of benzene rings is 2. The van der Waals surface area contributed by atoms with E-state index in [1.165, 1.54) is 25.3 Å². The van der Waals surface area contributed by atoms with Gasteiger partial charge in [0.25, 0.3) is 0 Å². The number of nitrogens with one attached hydrogen (secondary N) is 2. The molecule has 8 nitrogen and oxygen atoms in total. The number of hydrogen-bond donors (Lipinski definition) is 3. The lowest BCUT2D eigenvalue weighted by atomic mass is 10.1. The monoisotopic (exact) mass is 470 g/mol. The Morgan fingerprint density at radius 2 is 1.56 bits per heavy atom. The molecule has 2 amide bonds. The lowest BCUT2D eigenvalue weighted by Crippen LogP contribution is -2.45. The van der Waals surface area contributed by atoms with Gasteiger partial charge in [0.1, 0.15) is 18.4 Å². The van der Waals surface area contributed by atoms with Gasteiger partial charge in [-0.15, -0.1) is 0 Å². The predicted molar refractivity (Wildman–Crippen MR) is 128 cm³/mol. The number of alkyl carbamates (subject to hydrolysis) is 2. The molecule has 0 aliphatic heterocycles. The Hall–Kier alpha value is -3.55. The molecule has 34 heavy (non-hydrogen) atoms. The molecule has 184 valence electrons. The van der Waals surface area contributed by atoms with E-state index in [0.29, 0.717) is 12.1 Å². The predicted octanol–water partition coefficient (Wildman–Crippen LogP) is 4.84. The number of ether oxygens (including phenoxy) is 2. The summed E-state index contributed by atoms with van der Waals surface area (Å²) in [5, 5.41) is 15.1. The van der Waals surface area contributed by atoms with Gasteiger partial charge in [-0.3, -0.25) is 0 Å². The molecule has 0 bridgehead atoms. The van der Waals surface area contributed by atoms with E-state index in [2.05, 4.69) is 17.6 Å². The average Bonchev–Trinajstić information content (AvgIpc) is 2.83. The number of carbonyl (C=O) groups is 3. The maximum atomic E-state index is 12.7. The first-order valence-corrected chi connectivity index (χ1v) is 11.7. The molecule has 0 saturated carbocycles. The summed E-state index contributed by atoms with van der Waals surface area (Å²) in [6.45, 7) is 2.57. The molecule has 0 spiro atoms. The number of hydrogen-bond acceptors (Lipinski definition) is 6. The Balaban J connectivity index is 1.88. The number of phenolic OH excluding ortho intramolecular Hbond substituents is 1. The number of rotatable bonds is 13. The zero-order valence-corrected chi connectivity index (χ0v) is 19.6. The minimum atomic E-state index is -1.23. The summed E-state index contributed by atoms with van der Waals surface area (Å²) in [6.07, 6.45) is 4.62. The Kier molecular flexibility index (Phi) is 12.0. The van der Waals surface area contributed by atoms with Crippen molar-refractivity contribution in [3.05, 3.63) is 65.7 Å². The van der Waals surface area contributed by atoms with Crippen molar-refractivity contribution in [2.75, 3.05) is 6.54 Å². The molecule has 1 unspecified atom stereocenters. The van der Waals surface area contributed by atoms with Crippen LogP contribution in [-0.4, -0.2) is 35.8 Å². The first-order valence-electron chi connectivity index (χ1n) is 11.7. The molecule has 3 N–H and O–H groups in total. The Bertz CT molecular complexity index is 903. The third-order valence-corrected chi connectivity index (χ3v) is 5.20. The van der Waals surface area contributed by atoms with Crippen LogP contribution in [0.4, 0.5) is 9.59 Å². The third-order valence-electron chi connectivity index (χ3n) is 5.20. The SMILES string of the molecule is CCCCCCCCNC(=O)OC(=O)C(Cc1ccccc1O)NC(=O)OCc1ccccc1. The van der Waals surface area contributed by atoms with Crippen LogP contribution in [0.1, 0.15) is 56.6 Å². The van der Waals surface area contributed by atoms with Crippen molar-refractivity contribution >= 4 is 18.2 Å². The molecule has 2 rings (SSSR count). The third kappa shape index (κ3) is 10.4. The van der Waals surface area contributed by atoms with Crippen molar-refractivity contribution in [2.24, 2.45) is 0 Å². The van der Waals surface area contributed by atoms with Gasteiger partial charge in [-0.25, -0.2) is 14.4 Å². The summed E-state index contributed by atoms with van der Waals surface area (Å²) in [5.41, 5.74) is 1.20. The van der Waals surface area contributed by atoms with Crippen LogP contribution in [0, 0.1) is 0 Å². The average molecular weight is 471 g/mol. The number of para-hydroxylation sites is 1. The normalized spacial score (nSPS) is 11.3. The largest absolute Gasteiger partial charge is 0.508 e. The summed E-state index contributed by atoms with van der Waals surface area (Å²) in [4.78, 5) is 37.0. The van der Waals surface area contributed by atoms with Crippen LogP contribution in [-0.2, 0) is 27.3 Å². The molecular formula is C26H34N2O6. The van der Waals surface area contributed by atoms with Crippen molar-refractivity contribution in [1.29, 1.82) is 0 Å². The molecule has 0 aromatic heterocycles. The second kappa shape index (κ2) is 15.3. The molecule has 0 aliphatic rings. The van der Waals surface area contributed by atoms with Gasteiger partial charge >= 0.3 is 18.2 Å². The molecule has 1 atom stereocenters. The minimum absolute atomic E-state index is 0.0176. The van der Waals surface area contributed by atoms with E-state index in [0.717, 1.165) is 24.8 Å². The molecular weight excluding hydrogens is 436 g/mol. The minimum Gasteiger partial charge on any atom is -0.508 e. The fourth-order valence-electron chi connectivity index (χ4n) is 3.30. The van der Waals surface area contributed by atoms with E-state index >= 15 is 0 Å².